The number of imidazole rings is 1. The predicted octanol–water partition coefficient (Wildman–Crippen LogP) is 3.40. The van der Waals surface area contributed by atoms with Crippen LogP contribution in [-0.2, 0) is 0 Å². The average molecular weight is 231 g/mol. The van der Waals surface area contributed by atoms with E-state index in [-0.39, 0.29) is 11.8 Å². The molecule has 0 aliphatic carbocycles. The highest BCUT2D eigenvalue weighted by atomic mass is 32.1. The third kappa shape index (κ3) is 2.00. The minimum absolute atomic E-state index is 0.159. The van der Waals surface area contributed by atoms with Gasteiger partial charge in [0.15, 0.2) is 0 Å². The Bertz CT molecular complexity index is 491. The van der Waals surface area contributed by atoms with Gasteiger partial charge in [-0.15, -0.1) is 11.3 Å². The molecule has 0 amide bonds. The summed E-state index contributed by atoms with van der Waals surface area (Å²) < 4.78 is 0. The lowest BCUT2D eigenvalue weighted by atomic mass is 9.97. The van der Waals surface area contributed by atoms with Crippen molar-refractivity contribution in [2.45, 2.75) is 19.8 Å². The Kier molecular flexibility index (Phi) is 3.07. The zero-order valence-corrected chi connectivity index (χ0v) is 10.1. The van der Waals surface area contributed by atoms with Gasteiger partial charge in [-0.25, -0.2) is 4.98 Å². The van der Waals surface area contributed by atoms with E-state index >= 15 is 0 Å². The van der Waals surface area contributed by atoms with Crippen molar-refractivity contribution in [3.8, 4) is 16.6 Å². The molecule has 0 bridgehead atoms. The summed E-state index contributed by atoms with van der Waals surface area (Å²) in [6.07, 6.45) is 1.80. The fraction of sp³-hybridized carbons (Fsp3) is 0.333. The van der Waals surface area contributed by atoms with E-state index < -0.39 is 0 Å². The van der Waals surface area contributed by atoms with E-state index in [4.69, 9.17) is 5.26 Å². The molecule has 0 spiro atoms. The topological polar surface area (TPSA) is 52.5 Å². The Morgan fingerprint density at radius 1 is 1.50 bits per heavy atom. The summed E-state index contributed by atoms with van der Waals surface area (Å²) in [6.45, 7) is 4.06. The van der Waals surface area contributed by atoms with Gasteiger partial charge in [0.2, 0.25) is 0 Å². The van der Waals surface area contributed by atoms with E-state index in [1.54, 1.807) is 17.5 Å². The standard InChI is InChI=1S/C12H13N3S/c1-8(2)9(6-13)12-14-7-10(15-12)11-4-3-5-16-11/h3-5,7-9H,1-2H3,(H,14,15). The Labute approximate surface area is 98.8 Å². The van der Waals surface area contributed by atoms with Crippen molar-refractivity contribution in [1.29, 1.82) is 5.26 Å². The molecular formula is C12H13N3S. The molecule has 0 aliphatic heterocycles. The van der Waals surface area contributed by atoms with Crippen LogP contribution in [0.2, 0.25) is 0 Å². The first-order chi connectivity index (χ1) is 7.72. The first-order valence-corrected chi connectivity index (χ1v) is 6.08. The van der Waals surface area contributed by atoms with E-state index in [0.29, 0.717) is 0 Å². The van der Waals surface area contributed by atoms with Crippen LogP contribution in [0.15, 0.2) is 23.7 Å². The molecule has 0 aliphatic rings. The lowest BCUT2D eigenvalue weighted by molar-refractivity contribution is 0.566. The van der Waals surface area contributed by atoms with Gasteiger partial charge in [-0.05, 0) is 17.4 Å². The number of nitriles is 1. The molecule has 1 atom stereocenters. The van der Waals surface area contributed by atoms with Gasteiger partial charge in [-0.2, -0.15) is 5.26 Å². The van der Waals surface area contributed by atoms with E-state index in [1.807, 2.05) is 31.4 Å². The van der Waals surface area contributed by atoms with Crippen LogP contribution >= 0.6 is 11.3 Å². The van der Waals surface area contributed by atoms with Crippen molar-refractivity contribution in [2.24, 2.45) is 5.92 Å². The van der Waals surface area contributed by atoms with Gasteiger partial charge in [0, 0.05) is 0 Å². The minimum atomic E-state index is -0.159. The van der Waals surface area contributed by atoms with Crippen molar-refractivity contribution in [2.75, 3.05) is 0 Å². The molecule has 1 unspecified atom stereocenters. The van der Waals surface area contributed by atoms with Crippen molar-refractivity contribution in [3.63, 3.8) is 0 Å². The number of H-pyrrole nitrogens is 1. The maximum Gasteiger partial charge on any atom is 0.124 e. The Morgan fingerprint density at radius 2 is 2.31 bits per heavy atom. The van der Waals surface area contributed by atoms with Gasteiger partial charge in [-0.3, -0.25) is 0 Å². The second-order valence-electron chi connectivity index (χ2n) is 4.01. The molecule has 0 saturated heterocycles. The number of hydrogen-bond acceptors (Lipinski definition) is 3. The summed E-state index contributed by atoms with van der Waals surface area (Å²) in [5, 5.41) is 11.1. The predicted molar refractivity (Wildman–Crippen MR) is 65.1 cm³/mol. The first kappa shape index (κ1) is 10.9. The van der Waals surface area contributed by atoms with Gasteiger partial charge in [0.1, 0.15) is 11.7 Å². The Balaban J connectivity index is 2.30. The van der Waals surface area contributed by atoms with Gasteiger partial charge in [0.05, 0.1) is 22.8 Å². The molecule has 2 aromatic rings. The molecule has 4 heteroatoms. The SMILES string of the molecule is CC(C)C(C#N)c1ncc(-c2cccs2)[nH]1. The number of aromatic amines is 1. The molecule has 0 radical (unpaired) electrons. The molecule has 3 nitrogen and oxygen atoms in total. The van der Waals surface area contributed by atoms with Gasteiger partial charge < -0.3 is 4.98 Å². The molecule has 2 aromatic heterocycles. The Morgan fingerprint density at radius 3 is 2.88 bits per heavy atom. The molecule has 82 valence electrons. The number of nitrogens with one attached hydrogen (secondary N) is 1. The van der Waals surface area contributed by atoms with E-state index in [9.17, 15) is 0 Å². The lowest BCUT2D eigenvalue weighted by Crippen LogP contribution is -2.05. The molecule has 1 N–H and O–H groups in total. The average Bonchev–Trinajstić information content (AvgIpc) is 2.86. The van der Waals surface area contributed by atoms with Crippen LogP contribution in [0.1, 0.15) is 25.6 Å². The van der Waals surface area contributed by atoms with Crippen LogP contribution in [0.3, 0.4) is 0 Å². The van der Waals surface area contributed by atoms with E-state index in [0.717, 1.165) is 16.4 Å². The number of aromatic nitrogens is 2. The van der Waals surface area contributed by atoms with Crippen LogP contribution < -0.4 is 0 Å². The normalized spacial score (nSPS) is 12.6. The summed E-state index contributed by atoms with van der Waals surface area (Å²) in [7, 11) is 0. The van der Waals surface area contributed by atoms with Crippen LogP contribution in [0.5, 0.6) is 0 Å². The van der Waals surface area contributed by atoms with Crippen LogP contribution in [0, 0.1) is 17.2 Å². The monoisotopic (exact) mass is 231 g/mol. The van der Waals surface area contributed by atoms with Crippen LogP contribution in [-0.4, -0.2) is 9.97 Å². The number of rotatable bonds is 3. The first-order valence-electron chi connectivity index (χ1n) is 5.20. The van der Waals surface area contributed by atoms with Crippen molar-refractivity contribution in [3.05, 3.63) is 29.5 Å². The summed E-state index contributed by atoms with van der Waals surface area (Å²) >= 11 is 1.66. The third-order valence-corrected chi connectivity index (χ3v) is 3.39. The maximum absolute atomic E-state index is 9.08. The van der Waals surface area contributed by atoms with Gasteiger partial charge in [-0.1, -0.05) is 19.9 Å². The highest BCUT2D eigenvalue weighted by Crippen LogP contribution is 2.26. The second-order valence-corrected chi connectivity index (χ2v) is 4.96. The van der Waals surface area contributed by atoms with Crippen molar-refractivity contribution < 1.29 is 0 Å². The Hall–Kier alpha value is -1.60. The highest BCUT2D eigenvalue weighted by Gasteiger charge is 2.18. The molecule has 0 saturated carbocycles. The van der Waals surface area contributed by atoms with Crippen LogP contribution in [0.4, 0.5) is 0 Å². The zero-order chi connectivity index (χ0) is 11.5. The van der Waals surface area contributed by atoms with Gasteiger partial charge in [0.25, 0.3) is 0 Å². The second kappa shape index (κ2) is 4.50. The van der Waals surface area contributed by atoms with Crippen molar-refractivity contribution >= 4 is 11.3 Å². The van der Waals surface area contributed by atoms with Crippen LogP contribution in [0.25, 0.3) is 10.6 Å². The minimum Gasteiger partial charge on any atom is -0.340 e. The molecule has 2 rings (SSSR count). The molecule has 2 heterocycles. The molecular weight excluding hydrogens is 218 g/mol. The van der Waals surface area contributed by atoms with Gasteiger partial charge >= 0.3 is 0 Å². The summed E-state index contributed by atoms with van der Waals surface area (Å²) in [4.78, 5) is 8.67. The fourth-order valence-corrected chi connectivity index (χ4v) is 2.27. The highest BCUT2D eigenvalue weighted by molar-refractivity contribution is 7.13. The number of hydrogen-bond donors (Lipinski definition) is 1. The largest absolute Gasteiger partial charge is 0.340 e. The quantitative estimate of drug-likeness (QED) is 0.880. The van der Waals surface area contributed by atoms with E-state index in [2.05, 4.69) is 16.0 Å². The molecule has 0 fully saturated rings. The lowest BCUT2D eigenvalue weighted by Gasteiger charge is -2.08. The van der Waals surface area contributed by atoms with E-state index in [1.165, 1.54) is 0 Å². The summed E-state index contributed by atoms with van der Waals surface area (Å²) in [5.41, 5.74) is 0.992. The summed E-state index contributed by atoms with van der Waals surface area (Å²) in [6, 6.07) is 6.33. The molecule has 0 aromatic carbocycles. The number of thiophene rings is 1. The maximum atomic E-state index is 9.08. The summed E-state index contributed by atoms with van der Waals surface area (Å²) in [5.74, 6) is 0.877. The molecule has 16 heavy (non-hydrogen) atoms. The number of nitrogens with zero attached hydrogens (tertiary/aromatic N) is 2. The third-order valence-electron chi connectivity index (χ3n) is 2.48. The zero-order valence-electron chi connectivity index (χ0n) is 9.27. The fourth-order valence-electron chi connectivity index (χ4n) is 1.58. The van der Waals surface area contributed by atoms with Crippen molar-refractivity contribution in [1.82, 2.24) is 9.97 Å². The smallest absolute Gasteiger partial charge is 0.124 e.